The summed E-state index contributed by atoms with van der Waals surface area (Å²) in [6, 6.07) is 31.3. The Labute approximate surface area is 256 Å². The van der Waals surface area contributed by atoms with Crippen LogP contribution >= 0.6 is 11.3 Å². The number of hydrogen-bond acceptors (Lipinski definition) is 7. The van der Waals surface area contributed by atoms with E-state index < -0.39 is 0 Å². The maximum Gasteiger partial charge on any atom is 0.251 e. The van der Waals surface area contributed by atoms with Crippen molar-refractivity contribution >= 4 is 22.4 Å². The molecule has 0 spiro atoms. The summed E-state index contributed by atoms with van der Waals surface area (Å²) in [5, 5.41) is 5.89. The smallest absolute Gasteiger partial charge is 0.251 e. The number of benzene rings is 4. The average Bonchev–Trinajstić information content (AvgIpc) is 3.54. The maximum atomic E-state index is 12.8. The fraction of sp³-hybridized carbons (Fsp3) is 0.200. The number of para-hydroxylation sites is 1. The topological polar surface area (TPSA) is 72.9 Å². The molecule has 1 amide bonds. The van der Waals surface area contributed by atoms with Crippen LogP contribution in [0.3, 0.4) is 0 Å². The van der Waals surface area contributed by atoms with Gasteiger partial charge in [0, 0.05) is 29.6 Å². The molecule has 5 rings (SSSR count). The van der Waals surface area contributed by atoms with Crippen LogP contribution in [-0.4, -0.2) is 38.3 Å². The molecule has 5 aromatic rings. The number of ether oxygens (including phenoxy) is 3. The summed E-state index contributed by atoms with van der Waals surface area (Å²) < 4.78 is 17.1. The van der Waals surface area contributed by atoms with Crippen LogP contribution in [0.5, 0.6) is 17.2 Å². The highest BCUT2D eigenvalue weighted by molar-refractivity contribution is 7.14. The van der Waals surface area contributed by atoms with Gasteiger partial charge in [-0.05, 0) is 60.5 Å². The second-order valence-corrected chi connectivity index (χ2v) is 10.9. The standard InChI is InChI=1S/C35H35N3O4S/c1-25-9-11-26(12-10-25)22-36-34(39)28-15-13-27(14-16-28)23-38(19-20-42-29-7-5-4-6-8-29)35-37-32(24-43-35)31-21-30(40-2)17-18-33(31)41-3/h4-18,21,24H,19-20,22-23H2,1-3H3,(H,36,39). The van der Waals surface area contributed by atoms with E-state index in [-0.39, 0.29) is 5.91 Å². The van der Waals surface area contributed by atoms with E-state index in [0.717, 1.165) is 44.8 Å². The molecule has 1 N–H and O–H groups in total. The van der Waals surface area contributed by atoms with Crippen LogP contribution in [0.4, 0.5) is 5.13 Å². The molecule has 7 nitrogen and oxygen atoms in total. The van der Waals surface area contributed by atoms with Gasteiger partial charge in [-0.2, -0.15) is 0 Å². The highest BCUT2D eigenvalue weighted by Gasteiger charge is 2.17. The molecule has 0 atom stereocenters. The lowest BCUT2D eigenvalue weighted by molar-refractivity contribution is 0.0951. The van der Waals surface area contributed by atoms with Gasteiger partial charge in [-0.3, -0.25) is 4.79 Å². The van der Waals surface area contributed by atoms with E-state index in [4.69, 9.17) is 19.2 Å². The Morgan fingerprint density at radius 3 is 2.33 bits per heavy atom. The first-order valence-electron chi connectivity index (χ1n) is 14.1. The normalized spacial score (nSPS) is 10.7. The number of methoxy groups -OCH3 is 2. The monoisotopic (exact) mass is 593 g/mol. The molecule has 0 aliphatic rings. The Morgan fingerprint density at radius 2 is 1.60 bits per heavy atom. The minimum Gasteiger partial charge on any atom is -0.497 e. The second kappa shape index (κ2) is 14.4. The predicted molar refractivity (Wildman–Crippen MR) is 172 cm³/mol. The van der Waals surface area contributed by atoms with Crippen LogP contribution in [0.15, 0.2) is 102 Å². The van der Waals surface area contributed by atoms with Crippen molar-refractivity contribution in [2.45, 2.75) is 20.0 Å². The molecule has 0 aliphatic carbocycles. The number of aromatic nitrogens is 1. The van der Waals surface area contributed by atoms with Crippen molar-refractivity contribution in [1.29, 1.82) is 0 Å². The van der Waals surface area contributed by atoms with Crippen molar-refractivity contribution in [1.82, 2.24) is 10.3 Å². The quantitative estimate of drug-likeness (QED) is 0.156. The van der Waals surface area contributed by atoms with Crippen LogP contribution in [0.1, 0.15) is 27.0 Å². The van der Waals surface area contributed by atoms with E-state index in [1.807, 2.05) is 109 Å². The number of amides is 1. The Morgan fingerprint density at radius 1 is 0.860 bits per heavy atom. The van der Waals surface area contributed by atoms with Crippen molar-refractivity contribution in [2.75, 3.05) is 32.3 Å². The fourth-order valence-corrected chi connectivity index (χ4v) is 5.41. The number of rotatable bonds is 13. The Kier molecular flexibility index (Phi) is 9.92. The zero-order valence-corrected chi connectivity index (χ0v) is 25.4. The Balaban J connectivity index is 1.30. The van der Waals surface area contributed by atoms with E-state index >= 15 is 0 Å². The zero-order valence-electron chi connectivity index (χ0n) is 24.6. The lowest BCUT2D eigenvalue weighted by Gasteiger charge is -2.22. The number of thiazole rings is 1. The summed E-state index contributed by atoms with van der Waals surface area (Å²) >= 11 is 1.56. The van der Waals surface area contributed by atoms with Crippen LogP contribution in [-0.2, 0) is 13.1 Å². The molecule has 0 bridgehead atoms. The van der Waals surface area contributed by atoms with Crippen molar-refractivity contribution in [3.8, 4) is 28.5 Å². The van der Waals surface area contributed by atoms with E-state index in [2.05, 4.69) is 10.2 Å². The highest BCUT2D eigenvalue weighted by Crippen LogP contribution is 2.36. The summed E-state index contributed by atoms with van der Waals surface area (Å²) in [6.45, 7) is 4.25. The summed E-state index contributed by atoms with van der Waals surface area (Å²) in [5.74, 6) is 2.19. The molecule has 1 heterocycles. The first-order valence-corrected chi connectivity index (χ1v) is 14.9. The summed E-state index contributed by atoms with van der Waals surface area (Å²) in [5.41, 5.74) is 5.62. The zero-order chi connectivity index (χ0) is 30.0. The third kappa shape index (κ3) is 7.93. The molecule has 43 heavy (non-hydrogen) atoms. The molecule has 4 aromatic carbocycles. The molecule has 1 aromatic heterocycles. The van der Waals surface area contributed by atoms with Gasteiger partial charge in [0.25, 0.3) is 5.91 Å². The lowest BCUT2D eigenvalue weighted by Crippen LogP contribution is -2.28. The molecule has 0 saturated carbocycles. The Bertz CT molecular complexity index is 1620. The van der Waals surface area contributed by atoms with Crippen molar-refractivity contribution in [2.24, 2.45) is 0 Å². The SMILES string of the molecule is COc1ccc(OC)c(-c2csc(N(CCOc3ccccc3)Cc3ccc(C(=O)NCc4ccc(C)cc4)cc3)n2)c1. The van der Waals surface area contributed by atoms with Gasteiger partial charge >= 0.3 is 0 Å². The number of hydrogen-bond donors (Lipinski definition) is 1. The molecule has 0 fully saturated rings. The van der Waals surface area contributed by atoms with Gasteiger partial charge in [0.15, 0.2) is 5.13 Å². The minimum absolute atomic E-state index is 0.1000. The van der Waals surface area contributed by atoms with Crippen LogP contribution in [0.2, 0.25) is 0 Å². The van der Waals surface area contributed by atoms with E-state index in [1.165, 1.54) is 5.56 Å². The summed E-state index contributed by atoms with van der Waals surface area (Å²) in [6.07, 6.45) is 0. The molecular formula is C35H35N3O4S. The molecule has 8 heteroatoms. The molecule has 0 radical (unpaired) electrons. The number of carbonyl (C=O) groups is 1. The van der Waals surface area contributed by atoms with Crippen molar-refractivity contribution in [3.63, 3.8) is 0 Å². The molecule has 0 unspecified atom stereocenters. The van der Waals surface area contributed by atoms with Crippen LogP contribution in [0.25, 0.3) is 11.3 Å². The number of anilines is 1. The number of carbonyl (C=O) groups excluding carboxylic acids is 1. The van der Waals surface area contributed by atoms with Crippen LogP contribution < -0.4 is 24.4 Å². The van der Waals surface area contributed by atoms with Gasteiger partial charge in [-0.15, -0.1) is 11.3 Å². The van der Waals surface area contributed by atoms with Gasteiger partial charge in [-0.25, -0.2) is 4.98 Å². The third-order valence-corrected chi connectivity index (χ3v) is 7.88. The molecule has 0 aliphatic heterocycles. The number of nitrogens with one attached hydrogen (secondary N) is 1. The summed E-state index contributed by atoms with van der Waals surface area (Å²) in [7, 11) is 3.30. The fourth-order valence-electron chi connectivity index (χ4n) is 4.55. The van der Waals surface area contributed by atoms with Gasteiger partial charge in [0.1, 0.15) is 23.9 Å². The number of aryl methyl sites for hydroxylation is 1. The minimum atomic E-state index is -0.1000. The van der Waals surface area contributed by atoms with E-state index in [0.29, 0.717) is 31.8 Å². The first-order chi connectivity index (χ1) is 21.0. The van der Waals surface area contributed by atoms with Crippen molar-refractivity contribution < 1.29 is 19.0 Å². The Hall–Kier alpha value is -4.82. The first kappa shape index (κ1) is 29.7. The van der Waals surface area contributed by atoms with Crippen LogP contribution in [0, 0.1) is 6.92 Å². The van der Waals surface area contributed by atoms with Gasteiger partial charge < -0.3 is 24.4 Å². The number of nitrogens with zero attached hydrogens (tertiary/aromatic N) is 2. The predicted octanol–water partition coefficient (Wildman–Crippen LogP) is 7.15. The van der Waals surface area contributed by atoms with Crippen molar-refractivity contribution in [3.05, 3.63) is 125 Å². The highest BCUT2D eigenvalue weighted by atomic mass is 32.1. The largest absolute Gasteiger partial charge is 0.497 e. The molecule has 0 saturated heterocycles. The maximum absolute atomic E-state index is 12.8. The lowest BCUT2D eigenvalue weighted by atomic mass is 10.1. The second-order valence-electron chi connectivity index (χ2n) is 10.0. The van der Waals surface area contributed by atoms with Gasteiger partial charge in [0.2, 0.25) is 0 Å². The third-order valence-electron chi connectivity index (χ3n) is 6.98. The molecule has 220 valence electrons. The van der Waals surface area contributed by atoms with Gasteiger partial charge in [-0.1, -0.05) is 60.2 Å². The van der Waals surface area contributed by atoms with E-state index in [9.17, 15) is 4.79 Å². The van der Waals surface area contributed by atoms with Gasteiger partial charge in [0.05, 0.1) is 26.5 Å². The molecular weight excluding hydrogens is 558 g/mol. The average molecular weight is 594 g/mol. The van der Waals surface area contributed by atoms with E-state index in [1.54, 1.807) is 25.6 Å². The summed E-state index contributed by atoms with van der Waals surface area (Å²) in [4.78, 5) is 20.0.